The van der Waals surface area contributed by atoms with E-state index >= 15 is 0 Å². The minimum absolute atomic E-state index is 0. The number of carbonyl (C=O) groups is 4. The summed E-state index contributed by atoms with van der Waals surface area (Å²) in [6.07, 6.45) is 7.54. The van der Waals surface area contributed by atoms with Crippen LogP contribution >= 0.6 is 0 Å². The van der Waals surface area contributed by atoms with E-state index in [1.807, 2.05) is 12.2 Å². The van der Waals surface area contributed by atoms with Crippen molar-refractivity contribution in [3.8, 4) is 0 Å². The Morgan fingerprint density at radius 2 is 2.00 bits per heavy atom. The summed E-state index contributed by atoms with van der Waals surface area (Å²) in [6, 6.07) is -2.28. The van der Waals surface area contributed by atoms with Gasteiger partial charge in [-0.1, -0.05) is 25.0 Å². The topological polar surface area (TPSA) is 158 Å². The third-order valence-electron chi connectivity index (χ3n) is 7.38. The first-order chi connectivity index (χ1) is 18.9. The maximum Gasteiger partial charge on any atom is 0.408 e. The van der Waals surface area contributed by atoms with Gasteiger partial charge in [0.25, 0.3) is 0 Å². The van der Waals surface area contributed by atoms with E-state index in [1.165, 1.54) is 9.70 Å². The Balaban J connectivity index is 0.00000462. The first-order valence-corrected chi connectivity index (χ1v) is 14.0. The second-order valence-electron chi connectivity index (χ2n) is 11.7. The number of alkyl carbamates (subject to hydrolysis) is 1. The predicted octanol–water partition coefficient (Wildman–Crippen LogP) is 1.85. The van der Waals surface area contributed by atoms with Crippen molar-refractivity contribution in [2.45, 2.75) is 102 Å². The number of aromatic nitrogens is 4. The summed E-state index contributed by atoms with van der Waals surface area (Å²) in [5.74, 6) is -1.33. The molecule has 0 spiro atoms. The van der Waals surface area contributed by atoms with Crippen molar-refractivity contribution in [3.63, 3.8) is 0 Å². The molecule has 41 heavy (non-hydrogen) atoms. The number of nitrogens with one attached hydrogen (secondary N) is 2. The van der Waals surface area contributed by atoms with Crippen LogP contribution in [0.15, 0.2) is 12.2 Å². The molecule has 223 valence electrons. The summed E-state index contributed by atoms with van der Waals surface area (Å²) < 4.78 is 10.7. The number of rotatable bonds is 4. The smallest absolute Gasteiger partial charge is 0.408 e. The van der Waals surface area contributed by atoms with Crippen LogP contribution in [0.5, 0.6) is 0 Å². The molecule has 1 aromatic heterocycles. The summed E-state index contributed by atoms with van der Waals surface area (Å²) in [7, 11) is 0. The maximum atomic E-state index is 14.0. The van der Waals surface area contributed by atoms with E-state index in [2.05, 4.69) is 33.0 Å². The number of amides is 3. The van der Waals surface area contributed by atoms with E-state index in [-0.39, 0.29) is 64.0 Å². The van der Waals surface area contributed by atoms with Crippen molar-refractivity contribution in [2.24, 2.45) is 5.92 Å². The molecule has 2 unspecified atom stereocenters. The minimum atomic E-state index is -1.17. The minimum Gasteiger partial charge on any atom is -0.464 e. The van der Waals surface area contributed by atoms with Crippen LogP contribution in [0.2, 0.25) is 0 Å². The van der Waals surface area contributed by atoms with E-state index in [4.69, 9.17) is 9.47 Å². The molecule has 1 saturated carbocycles. The Kier molecular flexibility index (Phi) is 11.0. The molecule has 1 radical (unpaired) electrons. The van der Waals surface area contributed by atoms with Crippen LogP contribution in [0.1, 0.15) is 84.5 Å². The number of tetrazole rings is 1. The Labute approximate surface area is 265 Å². The van der Waals surface area contributed by atoms with Gasteiger partial charge in [0.2, 0.25) is 11.8 Å². The molecule has 1 aliphatic carbocycles. The van der Waals surface area contributed by atoms with E-state index in [9.17, 15) is 19.2 Å². The summed E-state index contributed by atoms with van der Waals surface area (Å²) >= 11 is 0. The second-order valence-corrected chi connectivity index (χ2v) is 11.7. The first kappa shape index (κ1) is 33.0. The number of allylic oxidation sites excluding steroid dienone is 1. The van der Waals surface area contributed by atoms with Crippen LogP contribution in [0.3, 0.4) is 0 Å². The van der Waals surface area contributed by atoms with Gasteiger partial charge in [-0.15, -0.1) is 5.10 Å². The fourth-order valence-corrected chi connectivity index (χ4v) is 5.35. The van der Waals surface area contributed by atoms with Gasteiger partial charge in [0.1, 0.15) is 23.2 Å². The third kappa shape index (κ3) is 8.06. The zero-order valence-corrected chi connectivity index (χ0v) is 27.1. The van der Waals surface area contributed by atoms with E-state index < -0.39 is 53.1 Å². The van der Waals surface area contributed by atoms with Gasteiger partial charge in [-0.3, -0.25) is 9.59 Å². The Morgan fingerprint density at radius 1 is 1.24 bits per heavy atom. The number of ether oxygens (including phenoxy) is 2. The molecule has 3 heterocycles. The first-order valence-electron chi connectivity index (χ1n) is 14.0. The third-order valence-corrected chi connectivity index (χ3v) is 7.38. The molecule has 3 amide bonds. The van der Waals surface area contributed by atoms with Crippen molar-refractivity contribution >= 4 is 23.9 Å². The van der Waals surface area contributed by atoms with Crippen molar-refractivity contribution in [3.05, 3.63) is 24.9 Å². The average molecular weight is 648 g/mol. The summed E-state index contributed by atoms with van der Waals surface area (Å²) in [5, 5.41) is 17.7. The zero-order chi connectivity index (χ0) is 29.1. The fourth-order valence-electron chi connectivity index (χ4n) is 5.35. The molecule has 4 rings (SSSR count). The normalized spacial score (nSPS) is 29.4. The summed E-state index contributed by atoms with van der Waals surface area (Å²) in [5.41, 5.74) is -1.91. The Morgan fingerprint density at radius 3 is 2.66 bits per heavy atom. The van der Waals surface area contributed by atoms with E-state index in [0.717, 1.165) is 19.3 Å². The number of nitrogens with zero attached hydrogens (tertiary/aromatic N) is 5. The van der Waals surface area contributed by atoms with Crippen LogP contribution in [0.4, 0.5) is 4.79 Å². The van der Waals surface area contributed by atoms with Gasteiger partial charge in [0, 0.05) is 57.4 Å². The van der Waals surface area contributed by atoms with Crippen LogP contribution in [0.25, 0.3) is 0 Å². The van der Waals surface area contributed by atoms with E-state index in [1.54, 1.807) is 27.7 Å². The van der Waals surface area contributed by atoms with Crippen molar-refractivity contribution < 1.29 is 61.4 Å². The molecule has 1 saturated heterocycles. The van der Waals surface area contributed by atoms with Crippen molar-refractivity contribution in [2.75, 3.05) is 13.2 Å². The Bertz CT molecular complexity index is 1150. The maximum absolute atomic E-state index is 14.0. The second kappa shape index (κ2) is 13.6. The molecule has 0 aromatic carbocycles. The van der Waals surface area contributed by atoms with Crippen LogP contribution < -0.4 is 10.6 Å². The zero-order valence-electron chi connectivity index (χ0n) is 24.3. The van der Waals surface area contributed by atoms with Gasteiger partial charge < -0.3 is 31.9 Å². The quantitative estimate of drug-likeness (QED) is 0.283. The van der Waals surface area contributed by atoms with Crippen molar-refractivity contribution in [1.29, 1.82) is 0 Å². The molecule has 3 aliphatic rings. The van der Waals surface area contributed by atoms with Gasteiger partial charge in [0.05, 0.1) is 12.6 Å². The molecule has 2 aliphatic heterocycles. The molecule has 5 atom stereocenters. The van der Waals surface area contributed by atoms with E-state index in [0.29, 0.717) is 19.3 Å². The largest absolute Gasteiger partial charge is 0.464 e. The molecule has 0 bridgehead atoms. The molecule has 2 N–H and O–H groups in total. The monoisotopic (exact) mass is 647 g/mol. The molecule has 2 fully saturated rings. The number of hydrogen-bond donors (Lipinski definition) is 2. The number of esters is 1. The standard InChI is InChI=1S/C27H40N7O6.Y/c1-6-39-24(37)27-15-18(27)12-10-8-7-9-11-13-20(28-25(38)40-26(3,4)5)23(36)33-16-19(14-21(33)22(35)29-27)34-31-17(2)30-32-34;/h10,12,18-21H,2,6-9,11,13-16H2,1,3-5H3,(H,28,38)(H,29,35);/q-1;/b12-10-;/t18?,19?,20-,21-,27+;/m0./s1. The van der Waals surface area contributed by atoms with Gasteiger partial charge >= 0.3 is 12.1 Å². The Hall–Kier alpha value is -2.54. The summed E-state index contributed by atoms with van der Waals surface area (Å²) in [6.45, 7) is 11.0. The summed E-state index contributed by atoms with van der Waals surface area (Å²) in [4.78, 5) is 56.3. The molecular weight excluding hydrogens is 607 g/mol. The van der Waals surface area contributed by atoms with Gasteiger partial charge in [0.15, 0.2) is 0 Å². The predicted molar refractivity (Wildman–Crippen MR) is 142 cm³/mol. The van der Waals surface area contributed by atoms with Gasteiger partial charge in [-0.05, 0) is 58.6 Å². The van der Waals surface area contributed by atoms with Gasteiger partial charge in [-0.2, -0.15) is 9.90 Å². The van der Waals surface area contributed by atoms with Crippen LogP contribution in [-0.4, -0.2) is 85.4 Å². The molecule has 13 nitrogen and oxygen atoms in total. The number of carbonyl (C=O) groups excluding carboxylic acids is 4. The molecule has 1 aromatic rings. The number of hydrogen-bond acceptors (Lipinski definition) is 9. The molecular formula is C27H40N7O6Y-. The van der Waals surface area contributed by atoms with Crippen LogP contribution in [-0.2, 0) is 56.6 Å². The van der Waals surface area contributed by atoms with Crippen molar-refractivity contribution in [1.82, 2.24) is 35.7 Å². The number of fused-ring (bicyclic) bond motifs is 2. The SMILES string of the molecule is [CH2-]c1nnn(C2C[C@H]3C(=O)N[C@]4(C(=O)OCC)CC4/C=C\CCCCC[C@H](NC(=O)OC(C)(C)C)C(=O)N3C2)n1.[Y]. The van der Waals surface area contributed by atoms with Gasteiger partial charge in [-0.25, -0.2) is 9.59 Å². The fraction of sp³-hybridized carbons (Fsp3) is 0.704. The van der Waals surface area contributed by atoms with Crippen LogP contribution in [0, 0.1) is 12.8 Å². The molecule has 14 heteroatoms. The average Bonchev–Trinajstić information content (AvgIpc) is 3.17.